The summed E-state index contributed by atoms with van der Waals surface area (Å²) < 4.78 is 44.4. The SMILES string of the molecule is CCS(=O)(=O)N1CCC2(CC1)OC(=O)C(C)=C2C(=O)Nc1cccc(F)c1. The summed E-state index contributed by atoms with van der Waals surface area (Å²) in [6, 6.07) is 5.44. The van der Waals surface area contributed by atoms with Crippen molar-refractivity contribution in [1.82, 2.24) is 4.31 Å². The van der Waals surface area contributed by atoms with Gasteiger partial charge in [0.1, 0.15) is 11.4 Å². The van der Waals surface area contributed by atoms with E-state index in [9.17, 15) is 22.4 Å². The van der Waals surface area contributed by atoms with Crippen LogP contribution in [0.4, 0.5) is 10.1 Å². The molecule has 1 amide bonds. The van der Waals surface area contributed by atoms with Gasteiger partial charge in [0.25, 0.3) is 5.91 Å². The number of amides is 1. The summed E-state index contributed by atoms with van der Waals surface area (Å²) >= 11 is 0. The first-order chi connectivity index (χ1) is 12.7. The maximum Gasteiger partial charge on any atom is 0.335 e. The number of piperidine rings is 1. The monoisotopic (exact) mass is 396 g/mol. The van der Waals surface area contributed by atoms with Crippen molar-refractivity contribution in [3.8, 4) is 0 Å². The zero-order valence-electron chi connectivity index (χ0n) is 15.1. The normalized spacial score (nSPS) is 20.0. The molecule has 0 bridgehead atoms. The van der Waals surface area contributed by atoms with Crippen molar-refractivity contribution in [3.05, 3.63) is 41.2 Å². The summed E-state index contributed by atoms with van der Waals surface area (Å²) in [5.41, 5.74) is -0.514. The van der Waals surface area contributed by atoms with Crippen molar-refractivity contribution in [2.24, 2.45) is 0 Å². The molecule has 0 atom stereocenters. The Morgan fingerprint density at radius 3 is 2.59 bits per heavy atom. The van der Waals surface area contributed by atoms with E-state index in [1.54, 1.807) is 6.92 Å². The number of halogens is 1. The highest BCUT2D eigenvalue weighted by atomic mass is 32.2. The molecule has 0 radical (unpaired) electrons. The molecule has 0 saturated carbocycles. The van der Waals surface area contributed by atoms with E-state index in [1.807, 2.05) is 0 Å². The lowest BCUT2D eigenvalue weighted by Gasteiger charge is -2.38. The molecule has 1 N–H and O–H groups in total. The lowest BCUT2D eigenvalue weighted by molar-refractivity contribution is -0.149. The standard InChI is InChI=1S/C18H21FN2O5S/c1-3-27(24,25)21-9-7-18(8-10-21)15(12(2)17(23)26-18)16(22)20-14-6-4-5-13(19)11-14/h4-6,11H,3,7-10H2,1-2H3,(H,20,22). The van der Waals surface area contributed by atoms with Crippen LogP contribution in [0, 0.1) is 5.82 Å². The predicted molar refractivity (Wildman–Crippen MR) is 96.8 cm³/mol. The lowest BCUT2D eigenvalue weighted by Crippen LogP contribution is -2.49. The topological polar surface area (TPSA) is 92.8 Å². The highest BCUT2D eigenvalue weighted by molar-refractivity contribution is 7.89. The van der Waals surface area contributed by atoms with E-state index in [4.69, 9.17) is 4.74 Å². The molecular weight excluding hydrogens is 375 g/mol. The molecule has 2 aliphatic rings. The summed E-state index contributed by atoms with van der Waals surface area (Å²) in [6.45, 7) is 3.39. The summed E-state index contributed by atoms with van der Waals surface area (Å²) in [4.78, 5) is 25.0. The largest absolute Gasteiger partial charge is 0.450 e. The fourth-order valence-corrected chi connectivity index (χ4v) is 4.65. The number of esters is 1. The minimum absolute atomic E-state index is 0.0123. The average Bonchev–Trinajstić information content (AvgIpc) is 2.85. The van der Waals surface area contributed by atoms with Gasteiger partial charge in [0, 0.05) is 37.2 Å². The predicted octanol–water partition coefficient (Wildman–Crippen LogP) is 1.82. The summed E-state index contributed by atoms with van der Waals surface area (Å²) in [7, 11) is -3.35. The molecule has 3 rings (SSSR count). The van der Waals surface area contributed by atoms with Crippen LogP contribution in [0.2, 0.25) is 0 Å². The van der Waals surface area contributed by atoms with E-state index < -0.39 is 33.3 Å². The van der Waals surface area contributed by atoms with Gasteiger partial charge >= 0.3 is 5.97 Å². The number of benzene rings is 1. The van der Waals surface area contributed by atoms with E-state index in [1.165, 1.54) is 35.5 Å². The van der Waals surface area contributed by atoms with Gasteiger partial charge in [-0.1, -0.05) is 6.07 Å². The molecule has 7 nitrogen and oxygen atoms in total. The minimum atomic E-state index is -3.35. The molecule has 0 unspecified atom stereocenters. The van der Waals surface area contributed by atoms with E-state index in [0.717, 1.165) is 0 Å². The van der Waals surface area contributed by atoms with Gasteiger partial charge in [0.05, 0.1) is 11.3 Å². The first kappa shape index (κ1) is 19.5. The number of hydrogen-bond acceptors (Lipinski definition) is 5. The number of ether oxygens (including phenoxy) is 1. The van der Waals surface area contributed by atoms with Crippen LogP contribution in [-0.2, 0) is 24.3 Å². The second-order valence-electron chi connectivity index (χ2n) is 6.65. The van der Waals surface area contributed by atoms with Gasteiger partial charge < -0.3 is 10.1 Å². The Labute approximate surface area is 157 Å². The van der Waals surface area contributed by atoms with Crippen molar-refractivity contribution >= 4 is 27.6 Å². The molecule has 1 aromatic rings. The molecule has 1 aromatic carbocycles. The third-order valence-electron chi connectivity index (χ3n) is 5.02. The van der Waals surface area contributed by atoms with Crippen LogP contribution in [0.25, 0.3) is 0 Å². The van der Waals surface area contributed by atoms with Gasteiger partial charge in [-0.25, -0.2) is 21.9 Å². The smallest absolute Gasteiger partial charge is 0.335 e. The molecule has 1 spiro atoms. The number of anilines is 1. The number of carbonyl (C=O) groups is 2. The summed E-state index contributed by atoms with van der Waals surface area (Å²) in [6.07, 6.45) is 0.391. The van der Waals surface area contributed by atoms with Gasteiger partial charge in [-0.3, -0.25) is 4.79 Å². The molecule has 0 aliphatic carbocycles. The van der Waals surface area contributed by atoms with Crippen LogP contribution in [0.1, 0.15) is 26.7 Å². The van der Waals surface area contributed by atoms with E-state index in [2.05, 4.69) is 5.32 Å². The average molecular weight is 396 g/mol. The molecule has 27 heavy (non-hydrogen) atoms. The number of rotatable bonds is 4. The van der Waals surface area contributed by atoms with Crippen LogP contribution in [0.5, 0.6) is 0 Å². The highest BCUT2D eigenvalue weighted by Gasteiger charge is 2.51. The Morgan fingerprint density at radius 2 is 2.00 bits per heavy atom. The van der Waals surface area contributed by atoms with Gasteiger partial charge in [-0.2, -0.15) is 0 Å². The summed E-state index contributed by atoms with van der Waals surface area (Å²) in [5.74, 6) is -1.64. The third kappa shape index (κ3) is 3.61. The van der Waals surface area contributed by atoms with Crippen molar-refractivity contribution in [3.63, 3.8) is 0 Å². The number of carbonyl (C=O) groups excluding carboxylic acids is 2. The summed E-state index contributed by atoms with van der Waals surface area (Å²) in [5, 5.41) is 2.60. The lowest BCUT2D eigenvalue weighted by atomic mass is 9.83. The first-order valence-corrected chi connectivity index (χ1v) is 10.3. The van der Waals surface area contributed by atoms with Crippen molar-refractivity contribution in [2.45, 2.75) is 32.3 Å². The second-order valence-corrected chi connectivity index (χ2v) is 8.91. The van der Waals surface area contributed by atoms with E-state index >= 15 is 0 Å². The maximum absolute atomic E-state index is 13.4. The highest BCUT2D eigenvalue weighted by Crippen LogP contribution is 2.42. The van der Waals surface area contributed by atoms with Gasteiger partial charge in [0.2, 0.25) is 10.0 Å². The van der Waals surface area contributed by atoms with Crippen LogP contribution in [-0.4, -0.2) is 49.0 Å². The van der Waals surface area contributed by atoms with E-state index in [0.29, 0.717) is 0 Å². The zero-order valence-corrected chi connectivity index (χ0v) is 15.9. The fraction of sp³-hybridized carbons (Fsp3) is 0.444. The molecule has 0 aromatic heterocycles. The van der Waals surface area contributed by atoms with Crippen LogP contribution >= 0.6 is 0 Å². The zero-order chi connectivity index (χ0) is 19.8. The van der Waals surface area contributed by atoms with Gasteiger partial charge in [0.15, 0.2) is 0 Å². The number of hydrogen-bond donors (Lipinski definition) is 1. The van der Waals surface area contributed by atoms with Crippen molar-refractivity contribution < 1.29 is 27.1 Å². The number of nitrogens with zero attached hydrogens (tertiary/aromatic N) is 1. The molecule has 1 fully saturated rings. The molecule has 9 heteroatoms. The fourth-order valence-electron chi connectivity index (χ4n) is 3.55. The van der Waals surface area contributed by atoms with Crippen LogP contribution in [0.15, 0.2) is 35.4 Å². The molecule has 2 heterocycles. The maximum atomic E-state index is 13.4. The minimum Gasteiger partial charge on any atom is -0.450 e. The van der Waals surface area contributed by atoms with Gasteiger partial charge in [-0.15, -0.1) is 0 Å². The molecular formula is C18H21FN2O5S. The molecule has 146 valence electrons. The van der Waals surface area contributed by atoms with E-state index in [-0.39, 0.29) is 48.5 Å². The molecule has 2 aliphatic heterocycles. The first-order valence-electron chi connectivity index (χ1n) is 8.68. The van der Waals surface area contributed by atoms with Crippen molar-refractivity contribution in [2.75, 3.05) is 24.2 Å². The van der Waals surface area contributed by atoms with Gasteiger partial charge in [-0.05, 0) is 32.0 Å². The third-order valence-corrected chi connectivity index (χ3v) is 6.90. The van der Waals surface area contributed by atoms with Crippen LogP contribution in [0.3, 0.4) is 0 Å². The Kier molecular flexibility index (Phi) is 5.09. The Bertz CT molecular complexity index is 917. The van der Waals surface area contributed by atoms with Crippen molar-refractivity contribution in [1.29, 1.82) is 0 Å². The number of nitrogens with one attached hydrogen (secondary N) is 1. The van der Waals surface area contributed by atoms with Crippen LogP contribution < -0.4 is 5.32 Å². The Hall–Kier alpha value is -2.26. The molecule has 1 saturated heterocycles. The second kappa shape index (κ2) is 7.05. The number of sulfonamides is 1. The Balaban J connectivity index is 1.84. The Morgan fingerprint density at radius 1 is 1.33 bits per heavy atom. The quantitative estimate of drug-likeness (QED) is 0.784.